The van der Waals surface area contributed by atoms with Crippen LogP contribution in [0.1, 0.15) is 17.5 Å². The van der Waals surface area contributed by atoms with Crippen molar-refractivity contribution >= 4 is 6.08 Å². The molecule has 17 heavy (non-hydrogen) atoms. The molecule has 0 spiro atoms. The van der Waals surface area contributed by atoms with Crippen LogP contribution < -0.4 is 15.0 Å². The van der Waals surface area contributed by atoms with Crippen LogP contribution in [0.2, 0.25) is 0 Å². The van der Waals surface area contributed by atoms with Gasteiger partial charge in [-0.2, -0.15) is 0 Å². The lowest BCUT2D eigenvalue weighted by Crippen LogP contribution is -2.14. The van der Waals surface area contributed by atoms with Gasteiger partial charge in [0.2, 0.25) is 0 Å². The zero-order valence-corrected chi connectivity index (χ0v) is 10.4. The largest absolute Gasteiger partial charge is 0.493 e. The number of methoxy groups -OCH3 is 2. The molecule has 0 unspecified atom stereocenters. The summed E-state index contributed by atoms with van der Waals surface area (Å²) in [6, 6.07) is 4.03. The number of nitrogens with one attached hydrogen (secondary N) is 1. The fourth-order valence-corrected chi connectivity index (χ4v) is 2.03. The molecule has 0 radical (unpaired) electrons. The number of fused-ring (bicyclic) bond motifs is 1. The van der Waals surface area contributed by atoms with Gasteiger partial charge in [0.15, 0.2) is 11.5 Å². The van der Waals surface area contributed by atoms with Crippen LogP contribution in [0, 0.1) is 0 Å². The van der Waals surface area contributed by atoms with Gasteiger partial charge < -0.3 is 9.47 Å². The molecular weight excluding hydrogens is 218 g/mol. The van der Waals surface area contributed by atoms with Crippen molar-refractivity contribution in [2.45, 2.75) is 12.8 Å². The SMILES string of the molecule is CONC1=Cc2cc(OC)c(OC)cc2CC1. The molecule has 1 aromatic carbocycles. The van der Waals surface area contributed by atoms with Gasteiger partial charge in [0.1, 0.15) is 0 Å². The van der Waals surface area contributed by atoms with Crippen LogP contribution in [0.5, 0.6) is 11.5 Å². The molecule has 92 valence electrons. The second kappa shape index (κ2) is 5.10. The van der Waals surface area contributed by atoms with E-state index in [1.807, 2.05) is 12.1 Å². The van der Waals surface area contributed by atoms with Crippen molar-refractivity contribution in [2.24, 2.45) is 0 Å². The summed E-state index contributed by atoms with van der Waals surface area (Å²) in [5.74, 6) is 1.53. The Morgan fingerprint density at radius 2 is 1.71 bits per heavy atom. The first-order chi connectivity index (χ1) is 8.28. The first-order valence-corrected chi connectivity index (χ1v) is 5.53. The summed E-state index contributed by atoms with van der Waals surface area (Å²) in [6.07, 6.45) is 3.98. The van der Waals surface area contributed by atoms with E-state index in [1.54, 1.807) is 21.3 Å². The van der Waals surface area contributed by atoms with Gasteiger partial charge in [-0.05, 0) is 42.2 Å². The molecule has 1 aromatic rings. The standard InChI is InChI=1S/C13H17NO3/c1-15-12-7-9-4-5-11(14-17-3)6-10(9)8-13(12)16-2/h6-8,14H,4-5H2,1-3H3. The van der Waals surface area contributed by atoms with Crippen molar-refractivity contribution in [3.05, 3.63) is 29.0 Å². The van der Waals surface area contributed by atoms with Gasteiger partial charge in [-0.3, -0.25) is 10.3 Å². The number of benzene rings is 1. The van der Waals surface area contributed by atoms with Gasteiger partial charge >= 0.3 is 0 Å². The molecule has 0 saturated heterocycles. The van der Waals surface area contributed by atoms with Crippen molar-refractivity contribution in [1.82, 2.24) is 5.48 Å². The molecule has 0 heterocycles. The van der Waals surface area contributed by atoms with E-state index >= 15 is 0 Å². The van der Waals surface area contributed by atoms with Crippen LogP contribution in [0.15, 0.2) is 17.8 Å². The monoisotopic (exact) mass is 235 g/mol. The fraction of sp³-hybridized carbons (Fsp3) is 0.385. The Labute approximate surface area is 101 Å². The number of ether oxygens (including phenoxy) is 2. The highest BCUT2D eigenvalue weighted by Gasteiger charge is 2.14. The van der Waals surface area contributed by atoms with Crippen LogP contribution >= 0.6 is 0 Å². The summed E-state index contributed by atoms with van der Waals surface area (Å²) in [5.41, 5.74) is 6.37. The average molecular weight is 235 g/mol. The Hall–Kier alpha value is -1.68. The molecule has 0 aliphatic heterocycles. The highest BCUT2D eigenvalue weighted by atomic mass is 16.6. The van der Waals surface area contributed by atoms with E-state index in [2.05, 4.69) is 11.6 Å². The lowest BCUT2D eigenvalue weighted by Gasteiger charge is -2.19. The highest BCUT2D eigenvalue weighted by molar-refractivity contribution is 5.63. The maximum Gasteiger partial charge on any atom is 0.161 e. The van der Waals surface area contributed by atoms with Crippen LogP contribution in [0.4, 0.5) is 0 Å². The number of rotatable bonds is 4. The first kappa shape index (κ1) is 11.8. The molecule has 2 rings (SSSR count). The van der Waals surface area contributed by atoms with Gasteiger partial charge in [0, 0.05) is 5.70 Å². The number of allylic oxidation sites excluding steroid dienone is 1. The van der Waals surface area contributed by atoms with Crippen LogP contribution in [-0.2, 0) is 11.3 Å². The molecule has 1 aliphatic rings. The quantitative estimate of drug-likeness (QED) is 0.812. The molecule has 1 N–H and O–H groups in total. The van der Waals surface area contributed by atoms with Gasteiger partial charge in [0.25, 0.3) is 0 Å². The van der Waals surface area contributed by atoms with E-state index in [4.69, 9.17) is 14.3 Å². The Morgan fingerprint density at radius 1 is 1.00 bits per heavy atom. The summed E-state index contributed by atoms with van der Waals surface area (Å²) < 4.78 is 10.6. The van der Waals surface area contributed by atoms with Crippen LogP contribution in [0.3, 0.4) is 0 Å². The lowest BCUT2D eigenvalue weighted by molar-refractivity contribution is 0.115. The van der Waals surface area contributed by atoms with Gasteiger partial charge in [0.05, 0.1) is 21.3 Å². The fourth-order valence-electron chi connectivity index (χ4n) is 2.03. The zero-order chi connectivity index (χ0) is 12.3. The lowest BCUT2D eigenvalue weighted by atomic mass is 9.95. The van der Waals surface area contributed by atoms with Crippen molar-refractivity contribution in [1.29, 1.82) is 0 Å². The van der Waals surface area contributed by atoms with Gasteiger partial charge in [-0.15, -0.1) is 0 Å². The number of hydrogen-bond acceptors (Lipinski definition) is 4. The van der Waals surface area contributed by atoms with E-state index in [1.165, 1.54) is 5.56 Å². The molecule has 0 aromatic heterocycles. The van der Waals surface area contributed by atoms with Crippen molar-refractivity contribution in [3.8, 4) is 11.5 Å². The summed E-state index contributed by atoms with van der Waals surface area (Å²) in [5, 5.41) is 0. The van der Waals surface area contributed by atoms with Crippen molar-refractivity contribution in [2.75, 3.05) is 21.3 Å². The smallest absolute Gasteiger partial charge is 0.161 e. The van der Waals surface area contributed by atoms with Crippen LogP contribution in [-0.4, -0.2) is 21.3 Å². The number of aryl methyl sites for hydroxylation is 1. The summed E-state index contributed by atoms with van der Waals surface area (Å²) in [7, 11) is 4.91. The highest BCUT2D eigenvalue weighted by Crippen LogP contribution is 2.34. The molecule has 0 atom stereocenters. The average Bonchev–Trinajstić information content (AvgIpc) is 2.37. The third-order valence-electron chi connectivity index (χ3n) is 2.87. The Balaban J connectivity index is 2.38. The number of hydroxylamine groups is 1. The summed E-state index contributed by atoms with van der Waals surface area (Å²) in [4.78, 5) is 4.92. The van der Waals surface area contributed by atoms with Crippen molar-refractivity contribution in [3.63, 3.8) is 0 Å². The van der Waals surface area contributed by atoms with Gasteiger partial charge in [-0.25, -0.2) is 0 Å². The Kier molecular flexibility index (Phi) is 3.54. The molecule has 0 amide bonds. The maximum absolute atomic E-state index is 5.29. The molecule has 1 aliphatic carbocycles. The van der Waals surface area contributed by atoms with E-state index in [9.17, 15) is 0 Å². The predicted molar refractivity (Wildman–Crippen MR) is 66.0 cm³/mol. The topological polar surface area (TPSA) is 39.7 Å². The van der Waals surface area contributed by atoms with E-state index in [0.717, 1.165) is 35.6 Å². The molecule has 0 saturated carbocycles. The Bertz CT molecular complexity index is 441. The minimum absolute atomic E-state index is 0.751. The molecular formula is C13H17NO3. The van der Waals surface area contributed by atoms with E-state index in [-0.39, 0.29) is 0 Å². The van der Waals surface area contributed by atoms with Gasteiger partial charge in [-0.1, -0.05) is 0 Å². The van der Waals surface area contributed by atoms with Crippen LogP contribution in [0.25, 0.3) is 6.08 Å². The summed E-state index contributed by atoms with van der Waals surface area (Å²) >= 11 is 0. The second-order valence-corrected chi connectivity index (χ2v) is 3.88. The van der Waals surface area contributed by atoms with E-state index in [0.29, 0.717) is 0 Å². The molecule has 4 heteroatoms. The summed E-state index contributed by atoms with van der Waals surface area (Å²) in [6.45, 7) is 0. The first-order valence-electron chi connectivity index (χ1n) is 5.53. The number of hydrogen-bond donors (Lipinski definition) is 1. The zero-order valence-electron chi connectivity index (χ0n) is 10.4. The van der Waals surface area contributed by atoms with Crippen molar-refractivity contribution < 1.29 is 14.3 Å². The minimum Gasteiger partial charge on any atom is -0.493 e. The third-order valence-corrected chi connectivity index (χ3v) is 2.87. The maximum atomic E-state index is 5.29. The normalized spacial score (nSPS) is 13.7. The van der Waals surface area contributed by atoms with E-state index < -0.39 is 0 Å². The minimum atomic E-state index is 0.751. The second-order valence-electron chi connectivity index (χ2n) is 3.88. The third kappa shape index (κ3) is 2.36. The molecule has 0 bridgehead atoms. The molecule has 4 nitrogen and oxygen atoms in total. The Morgan fingerprint density at radius 3 is 2.35 bits per heavy atom. The predicted octanol–water partition coefficient (Wildman–Crippen LogP) is 2.14. The molecule has 0 fully saturated rings.